The largest absolute Gasteiger partial charge is 0.399 e. The van der Waals surface area contributed by atoms with Gasteiger partial charge in [0.05, 0.1) is 28.3 Å². The Labute approximate surface area is 333 Å². The topological polar surface area (TPSA) is 34.2 Å². The first kappa shape index (κ1) is 35.1. The van der Waals surface area contributed by atoms with Gasteiger partial charge in [0.2, 0.25) is 0 Å². The maximum atomic E-state index is 5.36. The van der Waals surface area contributed by atoms with Crippen LogP contribution in [0.15, 0.2) is 231 Å². The second-order valence-corrected chi connectivity index (χ2v) is 14.0. The molecule has 2 heterocycles. The van der Waals surface area contributed by atoms with Crippen molar-refractivity contribution in [2.24, 2.45) is 0 Å². The Hall–Kier alpha value is -7.62. The number of benzene rings is 8. The van der Waals surface area contributed by atoms with Crippen LogP contribution in [0.25, 0.3) is 66.6 Å². The lowest BCUT2D eigenvalue weighted by Gasteiger charge is -2.25. The highest BCUT2D eigenvalue weighted by Gasteiger charge is 2.17. The molecule has 0 spiro atoms. The van der Waals surface area contributed by atoms with Crippen LogP contribution in [-0.4, -0.2) is 4.57 Å². The molecule has 8 aromatic carbocycles. The van der Waals surface area contributed by atoms with Gasteiger partial charge in [0.15, 0.2) is 0 Å². The summed E-state index contributed by atoms with van der Waals surface area (Å²) in [7, 11) is 0. The minimum absolute atomic E-state index is 0.822. The SMILES string of the molecule is C1=C\C=C/N(c2cccc3ccccc23)c2ccc(-c3ccc4c(c3)cc(-c3ccccc3)n4-c3cccc4ccccc34)cc2\C=C\C=C/1.Nc1ccccc1. The molecule has 3 nitrogen and oxygen atoms in total. The van der Waals surface area contributed by atoms with Crippen molar-refractivity contribution in [1.29, 1.82) is 0 Å². The molecule has 0 saturated carbocycles. The van der Waals surface area contributed by atoms with Crippen molar-refractivity contribution in [3.8, 4) is 28.1 Å². The summed E-state index contributed by atoms with van der Waals surface area (Å²) in [5.74, 6) is 0. The first-order valence-corrected chi connectivity index (χ1v) is 19.3. The summed E-state index contributed by atoms with van der Waals surface area (Å²) in [4.78, 5) is 2.31. The Morgan fingerprint density at radius 2 is 0.947 bits per heavy atom. The average molecular weight is 732 g/mol. The summed E-state index contributed by atoms with van der Waals surface area (Å²) in [6, 6.07) is 66.6. The Kier molecular flexibility index (Phi) is 9.86. The highest BCUT2D eigenvalue weighted by Crippen LogP contribution is 2.40. The van der Waals surface area contributed by atoms with Crippen molar-refractivity contribution >= 4 is 55.6 Å². The van der Waals surface area contributed by atoms with E-state index in [0.717, 1.165) is 22.6 Å². The van der Waals surface area contributed by atoms with E-state index in [1.807, 2.05) is 30.3 Å². The lowest BCUT2D eigenvalue weighted by atomic mass is 9.99. The molecule has 1 aliphatic rings. The molecule has 0 radical (unpaired) electrons. The summed E-state index contributed by atoms with van der Waals surface area (Å²) in [5, 5.41) is 6.11. The number of rotatable bonds is 4. The van der Waals surface area contributed by atoms with Crippen LogP contribution < -0.4 is 10.6 Å². The second-order valence-electron chi connectivity index (χ2n) is 14.0. The van der Waals surface area contributed by atoms with Gasteiger partial charge < -0.3 is 15.2 Å². The van der Waals surface area contributed by atoms with Crippen LogP contribution in [0.3, 0.4) is 0 Å². The number of hydrogen-bond donors (Lipinski definition) is 1. The molecule has 0 unspecified atom stereocenters. The minimum Gasteiger partial charge on any atom is -0.399 e. The number of nitrogens with zero attached hydrogens (tertiary/aromatic N) is 2. The molecule has 0 atom stereocenters. The van der Waals surface area contributed by atoms with Crippen LogP contribution in [0, 0.1) is 0 Å². The van der Waals surface area contributed by atoms with Crippen molar-refractivity contribution < 1.29 is 0 Å². The Morgan fingerprint density at radius 1 is 0.368 bits per heavy atom. The molecule has 0 bridgehead atoms. The van der Waals surface area contributed by atoms with Gasteiger partial charge in [-0.25, -0.2) is 0 Å². The van der Waals surface area contributed by atoms with E-state index in [9.17, 15) is 0 Å². The fourth-order valence-electron chi connectivity index (χ4n) is 7.68. The van der Waals surface area contributed by atoms with E-state index in [0.29, 0.717) is 0 Å². The number of fused-ring (bicyclic) bond motifs is 4. The zero-order valence-corrected chi connectivity index (χ0v) is 31.5. The molecule has 272 valence electrons. The molecule has 1 aliphatic heterocycles. The van der Waals surface area contributed by atoms with Gasteiger partial charge in [-0.1, -0.05) is 170 Å². The summed E-state index contributed by atoms with van der Waals surface area (Å²) >= 11 is 0. The number of para-hydroxylation sites is 1. The Bertz CT molecular complexity index is 2960. The number of hydrogen-bond acceptors (Lipinski definition) is 2. The van der Waals surface area contributed by atoms with Gasteiger partial charge in [-0.15, -0.1) is 0 Å². The van der Waals surface area contributed by atoms with Crippen LogP contribution in [0.5, 0.6) is 0 Å². The molecule has 0 aliphatic carbocycles. The van der Waals surface area contributed by atoms with E-state index in [1.54, 1.807) is 0 Å². The van der Waals surface area contributed by atoms with Crippen molar-refractivity contribution in [1.82, 2.24) is 4.57 Å². The van der Waals surface area contributed by atoms with Crippen LogP contribution in [0.1, 0.15) is 5.56 Å². The normalized spacial score (nSPS) is 14.6. The van der Waals surface area contributed by atoms with Gasteiger partial charge in [-0.2, -0.15) is 0 Å². The fourth-order valence-corrected chi connectivity index (χ4v) is 7.68. The summed E-state index contributed by atoms with van der Waals surface area (Å²) < 4.78 is 2.42. The lowest BCUT2D eigenvalue weighted by Crippen LogP contribution is -2.10. The van der Waals surface area contributed by atoms with Crippen molar-refractivity contribution in [3.05, 3.63) is 236 Å². The molecule has 2 N–H and O–H groups in total. The molecular weight excluding hydrogens is 691 g/mol. The molecule has 0 amide bonds. The van der Waals surface area contributed by atoms with E-state index < -0.39 is 0 Å². The van der Waals surface area contributed by atoms with E-state index in [4.69, 9.17) is 5.73 Å². The third-order valence-corrected chi connectivity index (χ3v) is 10.4. The predicted octanol–water partition coefficient (Wildman–Crippen LogP) is 14.3. The zero-order valence-electron chi connectivity index (χ0n) is 31.5. The molecule has 0 saturated heterocycles. The quantitative estimate of drug-likeness (QED) is 0.183. The third-order valence-electron chi connectivity index (χ3n) is 10.4. The van der Waals surface area contributed by atoms with E-state index in [1.165, 1.54) is 60.5 Å². The van der Waals surface area contributed by atoms with Crippen molar-refractivity contribution in [2.45, 2.75) is 0 Å². The monoisotopic (exact) mass is 731 g/mol. The van der Waals surface area contributed by atoms with E-state index in [2.05, 4.69) is 216 Å². The maximum absolute atomic E-state index is 5.36. The summed E-state index contributed by atoms with van der Waals surface area (Å²) in [5.41, 5.74) is 16.7. The molecular formula is C54H41N3. The van der Waals surface area contributed by atoms with Gasteiger partial charge in [-0.3, -0.25) is 0 Å². The van der Waals surface area contributed by atoms with Gasteiger partial charge >= 0.3 is 0 Å². The zero-order chi connectivity index (χ0) is 38.4. The highest BCUT2D eigenvalue weighted by atomic mass is 15.1. The van der Waals surface area contributed by atoms with Crippen molar-refractivity contribution in [2.75, 3.05) is 10.6 Å². The Morgan fingerprint density at radius 3 is 1.67 bits per heavy atom. The number of allylic oxidation sites excluding steroid dienone is 6. The molecule has 57 heavy (non-hydrogen) atoms. The van der Waals surface area contributed by atoms with Crippen LogP contribution in [0.2, 0.25) is 0 Å². The number of anilines is 3. The predicted molar refractivity (Wildman–Crippen MR) is 245 cm³/mol. The van der Waals surface area contributed by atoms with E-state index in [-0.39, 0.29) is 0 Å². The number of nitrogens with two attached hydrogens (primary N) is 1. The molecule has 9 aromatic rings. The highest BCUT2D eigenvalue weighted by molar-refractivity contribution is 5.99. The van der Waals surface area contributed by atoms with Gasteiger partial charge in [0.25, 0.3) is 0 Å². The summed E-state index contributed by atoms with van der Waals surface area (Å²) in [6.07, 6.45) is 16.9. The Balaban J connectivity index is 0.000000548. The molecule has 0 fully saturated rings. The molecule has 10 rings (SSSR count). The van der Waals surface area contributed by atoms with Gasteiger partial charge in [0.1, 0.15) is 0 Å². The van der Waals surface area contributed by atoms with Gasteiger partial charge in [-0.05, 0) is 93.7 Å². The van der Waals surface area contributed by atoms with Crippen molar-refractivity contribution in [3.63, 3.8) is 0 Å². The first-order chi connectivity index (χ1) is 28.2. The third kappa shape index (κ3) is 7.30. The smallest absolute Gasteiger partial charge is 0.0541 e. The average Bonchev–Trinajstić information content (AvgIpc) is 3.63. The number of aromatic nitrogens is 1. The fraction of sp³-hybridized carbons (Fsp3) is 0. The molecule has 3 heteroatoms. The number of nitrogen functional groups attached to an aromatic ring is 1. The first-order valence-electron chi connectivity index (χ1n) is 19.3. The maximum Gasteiger partial charge on any atom is 0.0541 e. The lowest BCUT2D eigenvalue weighted by molar-refractivity contribution is 1.15. The van der Waals surface area contributed by atoms with Crippen LogP contribution in [0.4, 0.5) is 17.1 Å². The minimum atomic E-state index is 0.822. The van der Waals surface area contributed by atoms with Gasteiger partial charge in [0, 0.05) is 28.0 Å². The standard InChI is InChI=1S/C48H34N2.C6H7N/c1-2-4-13-31-49(46-25-14-21-35-16-9-11-23-42(35)46)44-29-27-38(32-40(44)20-6-3-1)39-28-30-45-41(33-39)34-48(37-18-7-5-8-19-37)50(45)47-26-15-22-36-17-10-12-24-43(36)47;7-6-4-2-1-3-5-6/h1-34H;1-5H,7H2/b3-1-,4-2-,20-6+,31-13-;. The van der Waals surface area contributed by atoms with E-state index >= 15 is 0 Å². The summed E-state index contributed by atoms with van der Waals surface area (Å²) in [6.45, 7) is 0. The second kappa shape index (κ2) is 16.0. The van der Waals surface area contributed by atoms with Crippen LogP contribution >= 0.6 is 0 Å². The van der Waals surface area contributed by atoms with Crippen LogP contribution in [-0.2, 0) is 0 Å². The molecule has 1 aromatic heterocycles.